The molecule has 0 aliphatic rings. The van der Waals surface area contributed by atoms with Crippen LogP contribution in [0.2, 0.25) is 0 Å². The van der Waals surface area contributed by atoms with Crippen molar-refractivity contribution in [3.8, 4) is 0 Å². The Labute approximate surface area is 138 Å². The van der Waals surface area contributed by atoms with Gasteiger partial charge in [-0.1, -0.05) is 12.1 Å². The van der Waals surface area contributed by atoms with E-state index in [0.29, 0.717) is 27.7 Å². The van der Waals surface area contributed by atoms with Gasteiger partial charge in [0.15, 0.2) is 11.2 Å². The average molecular weight is 320 g/mol. The molecule has 3 aromatic rings. The SMILES string of the molecule is CC(=O)c1cccc(NC(=O)c2ccc3[nH]c(C)cc(=O)c3c2)c1. The second-order valence-electron chi connectivity index (χ2n) is 5.67. The predicted octanol–water partition coefficient (Wildman–Crippen LogP) is 3.29. The molecule has 120 valence electrons. The number of rotatable bonds is 3. The first-order valence-electron chi connectivity index (χ1n) is 7.50. The van der Waals surface area contributed by atoms with Gasteiger partial charge in [-0.2, -0.15) is 0 Å². The predicted molar refractivity (Wildman–Crippen MR) is 93.7 cm³/mol. The van der Waals surface area contributed by atoms with E-state index in [0.717, 1.165) is 5.69 Å². The zero-order chi connectivity index (χ0) is 17.3. The number of hydrogen-bond donors (Lipinski definition) is 2. The highest BCUT2D eigenvalue weighted by molar-refractivity contribution is 6.06. The maximum Gasteiger partial charge on any atom is 0.255 e. The summed E-state index contributed by atoms with van der Waals surface area (Å²) in [7, 11) is 0. The lowest BCUT2D eigenvalue weighted by molar-refractivity contribution is 0.101. The molecule has 0 saturated carbocycles. The lowest BCUT2D eigenvalue weighted by atomic mass is 10.1. The van der Waals surface area contributed by atoms with Gasteiger partial charge in [0.1, 0.15) is 0 Å². The number of carbonyl (C=O) groups is 2. The van der Waals surface area contributed by atoms with Gasteiger partial charge in [-0.3, -0.25) is 14.4 Å². The van der Waals surface area contributed by atoms with Gasteiger partial charge in [0.25, 0.3) is 5.91 Å². The van der Waals surface area contributed by atoms with Crippen LogP contribution in [0.5, 0.6) is 0 Å². The van der Waals surface area contributed by atoms with Crippen LogP contribution in [0.15, 0.2) is 53.3 Å². The summed E-state index contributed by atoms with van der Waals surface area (Å²) in [5.74, 6) is -0.406. The van der Waals surface area contributed by atoms with Gasteiger partial charge in [-0.05, 0) is 44.2 Å². The Kier molecular flexibility index (Phi) is 4.00. The molecule has 2 aromatic carbocycles. The van der Waals surface area contributed by atoms with Crippen LogP contribution < -0.4 is 10.7 Å². The molecule has 3 rings (SSSR count). The van der Waals surface area contributed by atoms with Gasteiger partial charge in [0, 0.05) is 39.5 Å². The molecular weight excluding hydrogens is 304 g/mol. The Morgan fingerprint density at radius 2 is 1.79 bits per heavy atom. The molecule has 1 heterocycles. The maximum absolute atomic E-state index is 12.4. The van der Waals surface area contributed by atoms with Crippen molar-refractivity contribution in [3.05, 3.63) is 75.6 Å². The zero-order valence-electron chi connectivity index (χ0n) is 13.3. The molecule has 1 aromatic heterocycles. The Balaban J connectivity index is 1.93. The van der Waals surface area contributed by atoms with Gasteiger partial charge in [-0.15, -0.1) is 0 Å². The number of aromatic nitrogens is 1. The number of hydrogen-bond acceptors (Lipinski definition) is 3. The zero-order valence-corrected chi connectivity index (χ0v) is 13.3. The summed E-state index contributed by atoms with van der Waals surface area (Å²) in [5.41, 5.74) is 2.77. The minimum atomic E-state index is -0.336. The van der Waals surface area contributed by atoms with E-state index in [1.807, 2.05) is 6.92 Å². The van der Waals surface area contributed by atoms with Crippen LogP contribution in [0.4, 0.5) is 5.69 Å². The number of Topliss-reactive ketones (excluding diaryl/α,β-unsaturated/α-hetero) is 1. The van der Waals surface area contributed by atoms with E-state index < -0.39 is 0 Å². The molecule has 0 bridgehead atoms. The number of aryl methyl sites for hydroxylation is 1. The van der Waals surface area contributed by atoms with Crippen LogP contribution in [-0.2, 0) is 0 Å². The summed E-state index contributed by atoms with van der Waals surface area (Å²) in [6.45, 7) is 3.28. The number of nitrogens with one attached hydrogen (secondary N) is 2. The first kappa shape index (κ1) is 15.7. The van der Waals surface area contributed by atoms with Crippen molar-refractivity contribution in [3.63, 3.8) is 0 Å². The van der Waals surface area contributed by atoms with Crippen LogP contribution >= 0.6 is 0 Å². The number of amides is 1. The van der Waals surface area contributed by atoms with Crippen LogP contribution in [0, 0.1) is 6.92 Å². The first-order chi connectivity index (χ1) is 11.4. The van der Waals surface area contributed by atoms with Crippen molar-refractivity contribution in [2.45, 2.75) is 13.8 Å². The van der Waals surface area contributed by atoms with Crippen molar-refractivity contribution in [1.82, 2.24) is 4.98 Å². The number of benzene rings is 2. The maximum atomic E-state index is 12.4. The monoisotopic (exact) mass is 320 g/mol. The summed E-state index contributed by atoms with van der Waals surface area (Å²) in [5, 5.41) is 3.21. The van der Waals surface area contributed by atoms with Gasteiger partial charge >= 0.3 is 0 Å². The van der Waals surface area contributed by atoms with E-state index in [9.17, 15) is 14.4 Å². The van der Waals surface area contributed by atoms with Crippen molar-refractivity contribution >= 4 is 28.3 Å². The second-order valence-corrected chi connectivity index (χ2v) is 5.67. The largest absolute Gasteiger partial charge is 0.358 e. The van der Waals surface area contributed by atoms with E-state index in [-0.39, 0.29) is 17.1 Å². The van der Waals surface area contributed by atoms with Crippen LogP contribution in [-0.4, -0.2) is 16.7 Å². The number of carbonyl (C=O) groups excluding carboxylic acids is 2. The molecular formula is C19H16N2O3. The fourth-order valence-corrected chi connectivity index (χ4v) is 2.54. The summed E-state index contributed by atoms with van der Waals surface area (Å²) in [6.07, 6.45) is 0. The number of fused-ring (bicyclic) bond motifs is 1. The lowest BCUT2D eigenvalue weighted by Crippen LogP contribution is -2.13. The van der Waals surface area contributed by atoms with Crippen molar-refractivity contribution < 1.29 is 9.59 Å². The van der Waals surface area contributed by atoms with Crippen LogP contribution in [0.1, 0.15) is 33.3 Å². The molecule has 0 aliphatic carbocycles. The minimum Gasteiger partial charge on any atom is -0.358 e. The fraction of sp³-hybridized carbons (Fsp3) is 0.105. The third-order valence-electron chi connectivity index (χ3n) is 3.75. The molecule has 2 N–H and O–H groups in total. The van der Waals surface area contributed by atoms with E-state index in [4.69, 9.17) is 0 Å². The molecule has 1 amide bonds. The number of H-pyrrole nitrogens is 1. The second kappa shape index (κ2) is 6.12. The molecule has 0 spiro atoms. The van der Waals surface area contributed by atoms with E-state index in [1.165, 1.54) is 13.0 Å². The third-order valence-corrected chi connectivity index (χ3v) is 3.75. The summed E-state index contributed by atoms with van der Waals surface area (Å²) in [6, 6.07) is 13.2. The van der Waals surface area contributed by atoms with Gasteiger partial charge in [-0.25, -0.2) is 0 Å². The molecule has 5 heteroatoms. The number of anilines is 1. The number of ketones is 1. The Bertz CT molecular complexity index is 1020. The number of pyridine rings is 1. The molecule has 0 radical (unpaired) electrons. The Morgan fingerprint density at radius 3 is 2.54 bits per heavy atom. The van der Waals surface area contributed by atoms with E-state index in [1.54, 1.807) is 42.5 Å². The van der Waals surface area contributed by atoms with Gasteiger partial charge in [0.2, 0.25) is 0 Å². The van der Waals surface area contributed by atoms with Crippen LogP contribution in [0.25, 0.3) is 10.9 Å². The smallest absolute Gasteiger partial charge is 0.255 e. The highest BCUT2D eigenvalue weighted by atomic mass is 16.1. The molecule has 0 fully saturated rings. The highest BCUT2D eigenvalue weighted by Gasteiger charge is 2.10. The quantitative estimate of drug-likeness (QED) is 0.727. The molecule has 24 heavy (non-hydrogen) atoms. The molecule has 0 unspecified atom stereocenters. The minimum absolute atomic E-state index is 0.0706. The van der Waals surface area contributed by atoms with Gasteiger partial charge in [0.05, 0.1) is 0 Å². The summed E-state index contributed by atoms with van der Waals surface area (Å²) in [4.78, 5) is 39.0. The average Bonchev–Trinajstić information content (AvgIpc) is 2.54. The molecule has 0 atom stereocenters. The topological polar surface area (TPSA) is 79.0 Å². The highest BCUT2D eigenvalue weighted by Crippen LogP contribution is 2.15. The number of aromatic amines is 1. The van der Waals surface area contributed by atoms with Crippen molar-refractivity contribution in [2.75, 3.05) is 5.32 Å². The van der Waals surface area contributed by atoms with E-state index >= 15 is 0 Å². The summed E-state index contributed by atoms with van der Waals surface area (Å²) >= 11 is 0. The molecule has 0 aliphatic heterocycles. The molecule has 5 nitrogen and oxygen atoms in total. The standard InChI is InChI=1S/C19H16N2O3/c1-11-8-18(23)16-10-14(6-7-17(16)20-11)19(24)21-15-5-3-4-13(9-15)12(2)22/h3-10H,1-2H3,(H,20,23)(H,21,24). The van der Waals surface area contributed by atoms with Crippen LogP contribution in [0.3, 0.4) is 0 Å². The first-order valence-corrected chi connectivity index (χ1v) is 7.50. The Morgan fingerprint density at radius 1 is 1.00 bits per heavy atom. The van der Waals surface area contributed by atoms with E-state index in [2.05, 4.69) is 10.3 Å². The van der Waals surface area contributed by atoms with Crippen molar-refractivity contribution in [2.24, 2.45) is 0 Å². The normalized spacial score (nSPS) is 10.6. The summed E-state index contributed by atoms with van der Waals surface area (Å²) < 4.78 is 0. The third kappa shape index (κ3) is 3.10. The fourth-order valence-electron chi connectivity index (χ4n) is 2.54. The van der Waals surface area contributed by atoms with Crippen molar-refractivity contribution in [1.29, 1.82) is 0 Å². The van der Waals surface area contributed by atoms with Gasteiger partial charge < -0.3 is 10.3 Å². The molecule has 0 saturated heterocycles. The lowest BCUT2D eigenvalue weighted by Gasteiger charge is -2.07. The Hall–Kier alpha value is -3.21.